The summed E-state index contributed by atoms with van der Waals surface area (Å²) >= 11 is 0. The highest BCUT2D eigenvalue weighted by Crippen LogP contribution is 2.38. The van der Waals surface area contributed by atoms with Gasteiger partial charge in [-0.15, -0.1) is 0 Å². The number of benzene rings is 2. The van der Waals surface area contributed by atoms with Crippen LogP contribution in [0.2, 0.25) is 0 Å². The molecule has 28 heavy (non-hydrogen) atoms. The molecule has 0 unspecified atom stereocenters. The molecule has 0 heterocycles. The normalized spacial score (nSPS) is 10.5. The summed E-state index contributed by atoms with van der Waals surface area (Å²) in [4.78, 5) is 13.9. The molecule has 1 amide bonds. The van der Waals surface area contributed by atoms with Crippen LogP contribution in [0.25, 0.3) is 0 Å². The highest BCUT2D eigenvalue weighted by atomic mass is 16.5. The molecule has 0 saturated heterocycles. The molecule has 152 valence electrons. The van der Waals surface area contributed by atoms with Gasteiger partial charge in [0.2, 0.25) is 5.75 Å². The van der Waals surface area contributed by atoms with Crippen LogP contribution in [0, 0.1) is 0 Å². The van der Waals surface area contributed by atoms with Gasteiger partial charge < -0.3 is 29.2 Å². The Morgan fingerprint density at radius 1 is 0.964 bits per heavy atom. The van der Waals surface area contributed by atoms with Gasteiger partial charge in [-0.3, -0.25) is 4.79 Å². The number of amides is 1. The minimum Gasteiger partial charge on any atom is -0.493 e. The molecule has 0 aromatic heterocycles. The van der Waals surface area contributed by atoms with E-state index >= 15 is 0 Å². The minimum absolute atomic E-state index is 0.228. The van der Waals surface area contributed by atoms with Crippen molar-refractivity contribution in [1.82, 2.24) is 5.32 Å². The lowest BCUT2D eigenvalue weighted by atomic mass is 10.1. The average molecular weight is 389 g/mol. The van der Waals surface area contributed by atoms with Crippen molar-refractivity contribution in [2.75, 3.05) is 48.6 Å². The lowest BCUT2D eigenvalue weighted by Crippen LogP contribution is -3.06. The molecule has 0 aliphatic rings. The van der Waals surface area contributed by atoms with E-state index < -0.39 is 0 Å². The van der Waals surface area contributed by atoms with Crippen LogP contribution in [0.3, 0.4) is 0 Å². The molecule has 7 heteroatoms. The number of nitrogens with one attached hydrogen (secondary N) is 2. The van der Waals surface area contributed by atoms with E-state index in [2.05, 4.69) is 19.4 Å². The van der Waals surface area contributed by atoms with Crippen LogP contribution >= 0.6 is 0 Å². The van der Waals surface area contributed by atoms with Gasteiger partial charge in [0.1, 0.15) is 18.9 Å². The summed E-state index contributed by atoms with van der Waals surface area (Å²) in [6, 6.07) is 10.9. The first kappa shape index (κ1) is 21.4. The molecule has 2 aromatic rings. The third-order valence-corrected chi connectivity index (χ3v) is 4.17. The first-order chi connectivity index (χ1) is 13.5. The zero-order valence-corrected chi connectivity index (χ0v) is 17.1. The van der Waals surface area contributed by atoms with Gasteiger partial charge in [-0.05, 0) is 29.8 Å². The highest BCUT2D eigenvalue weighted by molar-refractivity contribution is 5.95. The summed E-state index contributed by atoms with van der Waals surface area (Å²) < 4.78 is 21.6. The Bertz CT molecular complexity index is 750. The van der Waals surface area contributed by atoms with Crippen molar-refractivity contribution in [2.24, 2.45) is 0 Å². The van der Waals surface area contributed by atoms with Crippen LogP contribution in [0.5, 0.6) is 23.0 Å². The van der Waals surface area contributed by atoms with E-state index in [1.54, 1.807) is 12.1 Å². The molecule has 0 bridgehead atoms. The highest BCUT2D eigenvalue weighted by Gasteiger charge is 2.16. The van der Waals surface area contributed by atoms with E-state index in [9.17, 15) is 4.79 Å². The number of hydrogen-bond acceptors (Lipinski definition) is 5. The van der Waals surface area contributed by atoms with Gasteiger partial charge in [-0.25, -0.2) is 0 Å². The van der Waals surface area contributed by atoms with Crippen LogP contribution in [-0.4, -0.2) is 54.5 Å². The number of ether oxygens (including phenoxy) is 4. The molecule has 7 nitrogen and oxygen atoms in total. The van der Waals surface area contributed by atoms with Crippen LogP contribution in [0.1, 0.15) is 15.9 Å². The lowest BCUT2D eigenvalue weighted by Gasteiger charge is -2.14. The Labute approximate surface area is 166 Å². The maximum Gasteiger partial charge on any atom is 0.251 e. The number of rotatable bonds is 10. The number of carbonyl (C=O) groups excluding carboxylic acids is 1. The van der Waals surface area contributed by atoms with Crippen LogP contribution in [0.4, 0.5) is 0 Å². The van der Waals surface area contributed by atoms with Gasteiger partial charge in [0.05, 0.1) is 35.4 Å². The summed E-state index contributed by atoms with van der Waals surface area (Å²) in [6.07, 6.45) is 0. The van der Waals surface area contributed by atoms with E-state index in [0.29, 0.717) is 36.0 Å². The van der Waals surface area contributed by atoms with Crippen molar-refractivity contribution in [3.05, 3.63) is 47.5 Å². The summed E-state index contributed by atoms with van der Waals surface area (Å²) in [5, 5.41) is 2.90. The summed E-state index contributed by atoms with van der Waals surface area (Å²) in [5.74, 6) is 1.92. The summed E-state index contributed by atoms with van der Waals surface area (Å²) in [6.45, 7) is 2.00. The predicted octanol–water partition coefficient (Wildman–Crippen LogP) is 1.17. The SMILES string of the molecule is COc1cc(C(=O)NCc2ccc(OCC[NH+](C)C)cc2)cc(OC)c1OC. The molecule has 0 spiro atoms. The summed E-state index contributed by atoms with van der Waals surface area (Å²) in [5.41, 5.74) is 1.41. The van der Waals surface area contributed by atoms with Crippen molar-refractivity contribution in [1.29, 1.82) is 0 Å². The molecule has 0 saturated carbocycles. The quantitative estimate of drug-likeness (QED) is 0.638. The molecular weight excluding hydrogens is 360 g/mol. The van der Waals surface area contributed by atoms with E-state index in [0.717, 1.165) is 17.9 Å². The van der Waals surface area contributed by atoms with Gasteiger partial charge in [0.15, 0.2) is 11.5 Å². The lowest BCUT2D eigenvalue weighted by molar-refractivity contribution is -0.858. The number of likely N-dealkylation sites (N-methyl/N-ethyl adjacent to an activating group) is 1. The van der Waals surface area contributed by atoms with E-state index in [-0.39, 0.29) is 5.91 Å². The maximum atomic E-state index is 12.5. The fraction of sp³-hybridized carbons (Fsp3) is 0.381. The monoisotopic (exact) mass is 389 g/mol. The standard InChI is InChI=1S/C21H28N2O5/c1-23(2)10-11-28-17-8-6-15(7-9-17)14-22-21(24)16-12-18(25-3)20(27-5)19(13-16)26-4/h6-9,12-13H,10-11,14H2,1-5H3,(H,22,24)/p+1. The van der Waals surface area contributed by atoms with Crippen molar-refractivity contribution in [2.45, 2.75) is 6.54 Å². The van der Waals surface area contributed by atoms with Crippen molar-refractivity contribution >= 4 is 5.91 Å². The Morgan fingerprint density at radius 3 is 2.07 bits per heavy atom. The van der Waals surface area contributed by atoms with Crippen LogP contribution in [-0.2, 0) is 6.54 Å². The number of methoxy groups -OCH3 is 3. The maximum absolute atomic E-state index is 12.5. The van der Waals surface area contributed by atoms with Gasteiger partial charge in [0.25, 0.3) is 5.91 Å². The molecule has 0 aliphatic carbocycles. The molecule has 0 fully saturated rings. The Kier molecular flexibility index (Phi) is 7.95. The van der Waals surface area contributed by atoms with Crippen LogP contribution < -0.4 is 29.2 Å². The number of hydrogen-bond donors (Lipinski definition) is 2. The third kappa shape index (κ3) is 5.79. The Hall–Kier alpha value is -2.93. The molecular formula is C21H29N2O5+. The number of carbonyl (C=O) groups is 1. The second-order valence-corrected chi connectivity index (χ2v) is 6.55. The van der Waals surface area contributed by atoms with E-state index in [1.165, 1.54) is 26.2 Å². The fourth-order valence-corrected chi connectivity index (χ4v) is 2.57. The molecule has 2 N–H and O–H groups in total. The van der Waals surface area contributed by atoms with E-state index in [4.69, 9.17) is 18.9 Å². The summed E-state index contributed by atoms with van der Waals surface area (Å²) in [7, 11) is 8.73. The molecule has 2 aromatic carbocycles. The molecule has 0 atom stereocenters. The topological polar surface area (TPSA) is 70.5 Å². The Balaban J connectivity index is 1.98. The van der Waals surface area contributed by atoms with Gasteiger partial charge in [0, 0.05) is 12.1 Å². The first-order valence-corrected chi connectivity index (χ1v) is 9.07. The molecule has 0 aliphatic heterocycles. The second-order valence-electron chi connectivity index (χ2n) is 6.55. The van der Waals surface area contributed by atoms with E-state index in [1.807, 2.05) is 24.3 Å². The van der Waals surface area contributed by atoms with Crippen molar-refractivity contribution < 1.29 is 28.6 Å². The van der Waals surface area contributed by atoms with Crippen LogP contribution in [0.15, 0.2) is 36.4 Å². The van der Waals surface area contributed by atoms with Crippen molar-refractivity contribution in [3.63, 3.8) is 0 Å². The number of quaternary nitrogens is 1. The van der Waals surface area contributed by atoms with Gasteiger partial charge in [-0.1, -0.05) is 12.1 Å². The largest absolute Gasteiger partial charge is 0.493 e. The fourth-order valence-electron chi connectivity index (χ4n) is 2.57. The smallest absolute Gasteiger partial charge is 0.251 e. The second kappa shape index (κ2) is 10.4. The Morgan fingerprint density at radius 2 is 1.57 bits per heavy atom. The minimum atomic E-state index is -0.228. The van der Waals surface area contributed by atoms with Gasteiger partial charge in [-0.2, -0.15) is 0 Å². The predicted molar refractivity (Wildman–Crippen MR) is 107 cm³/mol. The van der Waals surface area contributed by atoms with Gasteiger partial charge >= 0.3 is 0 Å². The third-order valence-electron chi connectivity index (χ3n) is 4.17. The zero-order chi connectivity index (χ0) is 20.5. The molecule has 0 radical (unpaired) electrons. The average Bonchev–Trinajstić information content (AvgIpc) is 2.71. The first-order valence-electron chi connectivity index (χ1n) is 9.07. The molecule has 2 rings (SSSR count). The van der Waals surface area contributed by atoms with Crippen molar-refractivity contribution in [3.8, 4) is 23.0 Å². The zero-order valence-electron chi connectivity index (χ0n) is 17.1.